The molecule has 3 aromatic carbocycles. The summed E-state index contributed by atoms with van der Waals surface area (Å²) in [4.78, 5) is 104. The Kier molecular flexibility index (Phi) is 34.6. The van der Waals surface area contributed by atoms with Crippen molar-refractivity contribution >= 4 is 53.4 Å². The molecule has 3 rings (SSSR count). The first-order chi connectivity index (χ1) is 34.4. The number of ether oxygens (including phenoxy) is 5. The van der Waals surface area contributed by atoms with Gasteiger partial charge in [0.2, 0.25) is 0 Å². The molecule has 17 nitrogen and oxygen atoms in total. The molecule has 0 heterocycles. The maximum atomic E-state index is 12.2. The number of carbonyl (C=O) groups is 9. The fourth-order valence-electron chi connectivity index (χ4n) is 5.72. The second-order valence-electron chi connectivity index (χ2n) is 15.5. The van der Waals surface area contributed by atoms with E-state index in [1.807, 2.05) is 64.1 Å². The van der Waals surface area contributed by atoms with E-state index in [9.17, 15) is 43.2 Å². The number of hydrogen-bond acceptors (Lipinski definition) is 14. The molecular weight excluding hydrogens is 927 g/mol. The summed E-state index contributed by atoms with van der Waals surface area (Å²) < 4.78 is 23.3. The highest BCUT2D eigenvalue weighted by Gasteiger charge is 2.24. The number of carbonyl (C=O) groups excluding carboxylic acids is 9. The molecule has 0 aliphatic rings. The van der Waals surface area contributed by atoms with E-state index in [0.717, 1.165) is 5.57 Å². The minimum atomic E-state index is -0.858. The Morgan fingerprint density at radius 2 is 0.806 bits per heavy atom. The van der Waals surface area contributed by atoms with Gasteiger partial charge in [0.05, 0.1) is 34.4 Å². The summed E-state index contributed by atoms with van der Waals surface area (Å²) in [6.07, 6.45) is 13.9. The first-order valence-electron chi connectivity index (χ1n) is 22.9. The summed E-state index contributed by atoms with van der Waals surface area (Å²) in [5.74, 6) is -3.78. The third-order valence-corrected chi connectivity index (χ3v) is 9.50. The SMILES string of the molecule is C/C=C\COC(C)=O.CC=CC[C@H](NC(=O)c1ccccc1)C(=O)OC.COC(=O)[C@H](CC=C(C)C)NC(=O)c1ccccc1.COC(=O)[C@H](CC=CC[C@H](NC(=O)c1ccccc1)C(=O)OC)CC(C)=O. The summed E-state index contributed by atoms with van der Waals surface area (Å²) >= 11 is 0. The Morgan fingerprint density at radius 3 is 1.12 bits per heavy atom. The number of amides is 3. The molecule has 0 saturated carbocycles. The highest BCUT2D eigenvalue weighted by atomic mass is 16.5. The van der Waals surface area contributed by atoms with Gasteiger partial charge in [0.15, 0.2) is 0 Å². The van der Waals surface area contributed by atoms with Gasteiger partial charge in [-0.15, -0.1) is 0 Å². The van der Waals surface area contributed by atoms with Gasteiger partial charge in [-0.2, -0.15) is 0 Å². The fraction of sp³-hybridized carbons (Fsp3) is 0.364. The van der Waals surface area contributed by atoms with Crippen molar-refractivity contribution in [1.29, 1.82) is 0 Å². The predicted octanol–water partition coefficient (Wildman–Crippen LogP) is 7.43. The first kappa shape index (κ1) is 64.0. The largest absolute Gasteiger partial charge is 0.469 e. The maximum absolute atomic E-state index is 12.2. The molecule has 0 saturated heterocycles. The van der Waals surface area contributed by atoms with E-state index >= 15 is 0 Å². The van der Waals surface area contributed by atoms with Gasteiger partial charge in [0.25, 0.3) is 17.7 Å². The van der Waals surface area contributed by atoms with Crippen LogP contribution in [-0.4, -0.2) is 107 Å². The third-order valence-electron chi connectivity index (χ3n) is 9.50. The van der Waals surface area contributed by atoms with E-state index in [0.29, 0.717) is 42.6 Å². The van der Waals surface area contributed by atoms with Crippen LogP contribution >= 0.6 is 0 Å². The van der Waals surface area contributed by atoms with Gasteiger partial charge in [0, 0.05) is 30.0 Å². The van der Waals surface area contributed by atoms with Crippen LogP contribution in [0.1, 0.15) is 105 Å². The van der Waals surface area contributed by atoms with Crippen LogP contribution in [0, 0.1) is 5.92 Å². The molecule has 0 aliphatic heterocycles. The van der Waals surface area contributed by atoms with Crippen LogP contribution in [0.3, 0.4) is 0 Å². The van der Waals surface area contributed by atoms with E-state index in [2.05, 4.69) is 25.4 Å². The zero-order chi connectivity index (χ0) is 54.3. The molecule has 0 bridgehead atoms. The van der Waals surface area contributed by atoms with Crippen molar-refractivity contribution < 1.29 is 66.8 Å². The molecule has 0 fully saturated rings. The summed E-state index contributed by atoms with van der Waals surface area (Å²) in [6, 6.07) is 23.9. The summed E-state index contributed by atoms with van der Waals surface area (Å²) in [7, 11) is 5.13. The number of Topliss-reactive ketones (excluding diaryl/α,β-unsaturated/α-hetero) is 1. The monoisotopic (exact) mass is 997 g/mol. The van der Waals surface area contributed by atoms with Crippen LogP contribution in [0.2, 0.25) is 0 Å². The lowest BCUT2D eigenvalue weighted by Crippen LogP contribution is -2.41. The molecule has 0 spiro atoms. The van der Waals surface area contributed by atoms with Gasteiger partial charge in [-0.25, -0.2) is 14.4 Å². The van der Waals surface area contributed by atoms with Crippen LogP contribution in [-0.2, 0) is 52.5 Å². The van der Waals surface area contributed by atoms with Crippen molar-refractivity contribution in [2.24, 2.45) is 5.92 Å². The van der Waals surface area contributed by atoms with Crippen LogP contribution in [0.15, 0.2) is 139 Å². The normalized spacial score (nSPS) is 11.9. The minimum absolute atomic E-state index is 0.0855. The molecule has 72 heavy (non-hydrogen) atoms. The van der Waals surface area contributed by atoms with Gasteiger partial charge < -0.3 is 44.4 Å². The minimum Gasteiger partial charge on any atom is -0.469 e. The Bertz CT molecular complexity index is 2250. The number of methoxy groups -OCH3 is 4. The van der Waals surface area contributed by atoms with Gasteiger partial charge in [-0.3, -0.25) is 24.0 Å². The maximum Gasteiger partial charge on any atom is 0.328 e. The van der Waals surface area contributed by atoms with E-state index in [1.165, 1.54) is 42.3 Å². The molecule has 0 aliphatic carbocycles. The fourth-order valence-corrected chi connectivity index (χ4v) is 5.72. The highest BCUT2D eigenvalue weighted by molar-refractivity contribution is 5.98. The van der Waals surface area contributed by atoms with Gasteiger partial charge in [-0.1, -0.05) is 103 Å². The van der Waals surface area contributed by atoms with Crippen molar-refractivity contribution in [3.05, 3.63) is 156 Å². The average Bonchev–Trinajstić information content (AvgIpc) is 3.39. The quantitative estimate of drug-likeness (QED) is 0.0505. The molecule has 17 heteroatoms. The van der Waals surface area contributed by atoms with Crippen molar-refractivity contribution in [1.82, 2.24) is 16.0 Å². The van der Waals surface area contributed by atoms with Crippen molar-refractivity contribution in [3.63, 3.8) is 0 Å². The van der Waals surface area contributed by atoms with Gasteiger partial charge >= 0.3 is 29.8 Å². The highest BCUT2D eigenvalue weighted by Crippen LogP contribution is 2.13. The second kappa shape index (κ2) is 38.8. The lowest BCUT2D eigenvalue weighted by molar-refractivity contribution is -0.147. The third kappa shape index (κ3) is 29.2. The molecule has 0 unspecified atom stereocenters. The zero-order valence-electron chi connectivity index (χ0n) is 43.0. The molecule has 3 N–H and O–H groups in total. The van der Waals surface area contributed by atoms with Crippen LogP contribution in [0.5, 0.6) is 0 Å². The van der Waals surface area contributed by atoms with E-state index in [1.54, 1.807) is 97.1 Å². The Morgan fingerprint density at radius 1 is 0.458 bits per heavy atom. The van der Waals surface area contributed by atoms with E-state index < -0.39 is 47.9 Å². The van der Waals surface area contributed by atoms with Crippen molar-refractivity contribution in [2.75, 3.05) is 35.0 Å². The van der Waals surface area contributed by atoms with Crippen LogP contribution in [0.25, 0.3) is 0 Å². The smallest absolute Gasteiger partial charge is 0.328 e. The Labute approximate surface area is 423 Å². The Hall–Kier alpha value is -7.95. The van der Waals surface area contributed by atoms with Crippen molar-refractivity contribution in [2.45, 2.75) is 91.8 Å². The number of benzene rings is 3. The molecule has 0 aromatic heterocycles. The van der Waals surface area contributed by atoms with Crippen LogP contribution < -0.4 is 16.0 Å². The molecule has 3 amide bonds. The molecule has 390 valence electrons. The van der Waals surface area contributed by atoms with Gasteiger partial charge in [-0.05, 0) is 96.7 Å². The number of esters is 5. The first-order valence-corrected chi connectivity index (χ1v) is 22.9. The number of nitrogens with one attached hydrogen (secondary N) is 3. The lowest BCUT2D eigenvalue weighted by atomic mass is 9.98. The van der Waals surface area contributed by atoms with Gasteiger partial charge in [0.1, 0.15) is 30.5 Å². The average molecular weight is 998 g/mol. The topological polar surface area (TPSA) is 236 Å². The number of rotatable bonds is 22. The molecule has 0 radical (unpaired) electrons. The number of ketones is 1. The van der Waals surface area contributed by atoms with E-state index in [4.69, 9.17) is 14.2 Å². The number of hydrogen-bond donors (Lipinski definition) is 3. The molecule has 4 atom stereocenters. The molecular formula is C55H71N3O14. The lowest BCUT2D eigenvalue weighted by Gasteiger charge is -2.15. The summed E-state index contributed by atoms with van der Waals surface area (Å²) in [5, 5.41) is 7.96. The predicted molar refractivity (Wildman–Crippen MR) is 273 cm³/mol. The van der Waals surface area contributed by atoms with Crippen molar-refractivity contribution in [3.8, 4) is 0 Å². The standard InChI is InChI=1S/C20H25NO6.C15H19NO3.C14H17NO3.C6H10O2/c1-14(22)13-16(19(24)26-2)11-7-8-12-17(20(25)27-3)21-18(23)15-9-5-4-6-10-15;1-11(2)9-10-13(15(18)19-3)16-14(17)12-7-5-4-6-8-12;1-3-4-10-12(14(17)18-2)15-13(16)11-8-6-5-7-9-11;1-3-4-5-8-6(2)7/h4-10,16-17H,11-13H2,1-3H3,(H,21,23);4-9,13H,10H2,1-3H3,(H,16,17);3-9,12H,10H2,1-2H3,(H,15,16);3-4H,5H2,1-2H3/b;;;4-3-/t16-,17+;13-;12-;/m100./s1. The zero-order valence-corrected chi connectivity index (χ0v) is 43.0. The summed E-state index contributed by atoms with van der Waals surface area (Å²) in [5.41, 5.74) is 2.56. The van der Waals surface area contributed by atoms with Crippen LogP contribution in [0.4, 0.5) is 0 Å². The summed E-state index contributed by atoms with van der Waals surface area (Å²) in [6.45, 7) is 10.8. The molecule has 3 aromatic rings. The Balaban J connectivity index is 0.000000995. The second-order valence-corrected chi connectivity index (χ2v) is 15.5. The number of allylic oxidation sites excluding steroid dienone is 4. The van der Waals surface area contributed by atoms with E-state index in [-0.39, 0.29) is 42.3 Å².